The molecule has 1 heterocycles. The van der Waals surface area contributed by atoms with Crippen LogP contribution in [-0.2, 0) is 13.1 Å². The van der Waals surface area contributed by atoms with Crippen molar-refractivity contribution < 1.29 is 0 Å². The van der Waals surface area contributed by atoms with Gasteiger partial charge in [-0.2, -0.15) is 5.10 Å². The molecule has 0 radical (unpaired) electrons. The molecular formula is C14H21N5. The first-order chi connectivity index (χ1) is 9.06. The predicted octanol–water partition coefficient (Wildman–Crippen LogP) is 2.15. The zero-order valence-electron chi connectivity index (χ0n) is 11.7. The Morgan fingerprint density at radius 3 is 2.58 bits per heavy atom. The number of rotatable bonds is 5. The number of nitrogens with zero attached hydrogens (tertiary/aromatic N) is 4. The van der Waals surface area contributed by atoms with Gasteiger partial charge in [0.05, 0.1) is 6.54 Å². The van der Waals surface area contributed by atoms with Crippen LogP contribution in [0.2, 0.25) is 0 Å². The maximum Gasteiger partial charge on any atom is 0.146 e. The molecule has 2 aromatic rings. The lowest BCUT2D eigenvalue weighted by Crippen LogP contribution is -2.21. The number of nitrogen functional groups attached to an aromatic ring is 1. The third-order valence-electron chi connectivity index (χ3n) is 2.95. The molecule has 0 fully saturated rings. The van der Waals surface area contributed by atoms with Crippen LogP contribution in [0.25, 0.3) is 0 Å². The topological polar surface area (TPSA) is 60.0 Å². The minimum atomic E-state index is 0.558. The van der Waals surface area contributed by atoms with Gasteiger partial charge in [0, 0.05) is 25.0 Å². The van der Waals surface area contributed by atoms with E-state index in [4.69, 9.17) is 5.73 Å². The van der Waals surface area contributed by atoms with Gasteiger partial charge in [-0.25, -0.2) is 9.67 Å². The Bertz CT molecular complexity index is 515. The van der Waals surface area contributed by atoms with Gasteiger partial charge in [0.1, 0.15) is 12.2 Å². The van der Waals surface area contributed by atoms with Crippen molar-refractivity contribution in [1.82, 2.24) is 14.8 Å². The van der Waals surface area contributed by atoms with E-state index in [0.717, 1.165) is 30.3 Å². The van der Waals surface area contributed by atoms with Crippen LogP contribution in [0.4, 0.5) is 11.4 Å². The lowest BCUT2D eigenvalue weighted by Gasteiger charge is -2.19. The molecular weight excluding hydrogens is 238 g/mol. The van der Waals surface area contributed by atoms with Crippen LogP contribution >= 0.6 is 0 Å². The van der Waals surface area contributed by atoms with E-state index in [2.05, 4.69) is 28.8 Å². The summed E-state index contributed by atoms with van der Waals surface area (Å²) in [6, 6.07) is 7.84. The van der Waals surface area contributed by atoms with E-state index >= 15 is 0 Å². The second-order valence-electron chi connectivity index (χ2n) is 5.20. The molecule has 0 aliphatic heterocycles. The number of benzene rings is 1. The monoisotopic (exact) mass is 259 g/mol. The molecule has 5 nitrogen and oxygen atoms in total. The first-order valence-electron chi connectivity index (χ1n) is 6.49. The van der Waals surface area contributed by atoms with E-state index in [-0.39, 0.29) is 0 Å². The molecule has 0 aliphatic carbocycles. The molecule has 0 unspecified atom stereocenters. The molecule has 2 rings (SSSR count). The maximum absolute atomic E-state index is 5.70. The van der Waals surface area contributed by atoms with Crippen LogP contribution in [0.15, 0.2) is 30.6 Å². The largest absolute Gasteiger partial charge is 0.399 e. The fourth-order valence-electron chi connectivity index (χ4n) is 1.94. The van der Waals surface area contributed by atoms with Gasteiger partial charge >= 0.3 is 0 Å². The lowest BCUT2D eigenvalue weighted by atomic mass is 10.2. The third-order valence-corrected chi connectivity index (χ3v) is 2.95. The third kappa shape index (κ3) is 3.47. The average Bonchev–Trinajstić information content (AvgIpc) is 2.76. The van der Waals surface area contributed by atoms with Crippen LogP contribution < -0.4 is 10.6 Å². The normalized spacial score (nSPS) is 10.9. The fraction of sp³-hybridized carbons (Fsp3) is 0.429. The Labute approximate surface area is 114 Å². The first-order valence-corrected chi connectivity index (χ1v) is 6.49. The minimum absolute atomic E-state index is 0.558. The Hall–Kier alpha value is -2.04. The highest BCUT2D eigenvalue weighted by Crippen LogP contribution is 2.16. The molecule has 102 valence electrons. The maximum atomic E-state index is 5.70. The average molecular weight is 259 g/mol. The van der Waals surface area contributed by atoms with E-state index in [1.807, 2.05) is 36.0 Å². The molecule has 19 heavy (non-hydrogen) atoms. The highest BCUT2D eigenvalue weighted by molar-refractivity contribution is 5.52. The number of nitrogens with two attached hydrogens (primary N) is 1. The molecule has 0 aliphatic rings. The van der Waals surface area contributed by atoms with E-state index in [1.54, 1.807) is 6.33 Å². The van der Waals surface area contributed by atoms with Crippen molar-refractivity contribution in [2.24, 2.45) is 5.92 Å². The molecule has 1 aromatic carbocycles. The van der Waals surface area contributed by atoms with Gasteiger partial charge in [-0.15, -0.1) is 0 Å². The van der Waals surface area contributed by atoms with Crippen LogP contribution in [0.1, 0.15) is 19.7 Å². The zero-order chi connectivity index (χ0) is 13.8. The summed E-state index contributed by atoms with van der Waals surface area (Å²) in [5, 5.41) is 4.28. The van der Waals surface area contributed by atoms with Gasteiger partial charge in [-0.3, -0.25) is 0 Å². The fourth-order valence-corrected chi connectivity index (χ4v) is 1.94. The first kappa shape index (κ1) is 13.4. The van der Waals surface area contributed by atoms with Crippen molar-refractivity contribution in [3.63, 3.8) is 0 Å². The lowest BCUT2D eigenvalue weighted by molar-refractivity contribution is 0.465. The summed E-state index contributed by atoms with van der Waals surface area (Å²) >= 11 is 0. The summed E-state index contributed by atoms with van der Waals surface area (Å²) in [6.45, 7) is 5.98. The Morgan fingerprint density at radius 1 is 1.26 bits per heavy atom. The van der Waals surface area contributed by atoms with Gasteiger partial charge in [-0.05, 0) is 30.2 Å². The molecule has 0 saturated carbocycles. The number of anilines is 2. The van der Waals surface area contributed by atoms with E-state index < -0.39 is 0 Å². The summed E-state index contributed by atoms with van der Waals surface area (Å²) in [7, 11) is 2.04. The van der Waals surface area contributed by atoms with E-state index in [0.29, 0.717) is 5.92 Å². The highest BCUT2D eigenvalue weighted by Gasteiger charge is 2.09. The Balaban J connectivity index is 2.08. The van der Waals surface area contributed by atoms with Gasteiger partial charge in [-0.1, -0.05) is 13.8 Å². The standard InChI is InChI=1S/C14H21N5/c1-11(2)8-19-14(16-10-17-19)9-18(3)13-6-4-12(15)5-7-13/h4-7,10-11H,8-9,15H2,1-3H3. The molecule has 1 aromatic heterocycles. The molecule has 2 N–H and O–H groups in total. The Kier molecular flexibility index (Phi) is 4.04. The van der Waals surface area contributed by atoms with Crippen molar-refractivity contribution in [2.45, 2.75) is 26.9 Å². The van der Waals surface area contributed by atoms with Crippen molar-refractivity contribution in [1.29, 1.82) is 0 Å². The minimum Gasteiger partial charge on any atom is -0.399 e. The van der Waals surface area contributed by atoms with Crippen molar-refractivity contribution in [3.8, 4) is 0 Å². The van der Waals surface area contributed by atoms with Gasteiger partial charge in [0.25, 0.3) is 0 Å². The SMILES string of the molecule is CC(C)Cn1ncnc1CN(C)c1ccc(N)cc1. The highest BCUT2D eigenvalue weighted by atomic mass is 15.3. The summed E-state index contributed by atoms with van der Waals surface area (Å²) in [5.41, 5.74) is 7.59. The summed E-state index contributed by atoms with van der Waals surface area (Å²) in [6.07, 6.45) is 1.62. The quantitative estimate of drug-likeness (QED) is 0.836. The van der Waals surface area contributed by atoms with Crippen LogP contribution in [-0.4, -0.2) is 21.8 Å². The van der Waals surface area contributed by atoms with Gasteiger partial charge in [0.2, 0.25) is 0 Å². The molecule has 0 amide bonds. The van der Waals surface area contributed by atoms with E-state index in [1.165, 1.54) is 0 Å². The molecule has 0 spiro atoms. The molecule has 0 saturated heterocycles. The number of hydrogen-bond donors (Lipinski definition) is 1. The second-order valence-corrected chi connectivity index (χ2v) is 5.20. The summed E-state index contributed by atoms with van der Waals surface area (Å²) in [5.74, 6) is 1.54. The van der Waals surface area contributed by atoms with E-state index in [9.17, 15) is 0 Å². The molecule has 0 bridgehead atoms. The van der Waals surface area contributed by atoms with Crippen molar-refractivity contribution >= 4 is 11.4 Å². The summed E-state index contributed by atoms with van der Waals surface area (Å²) in [4.78, 5) is 6.48. The molecule has 5 heteroatoms. The molecule has 0 atom stereocenters. The second kappa shape index (κ2) is 5.73. The number of aromatic nitrogens is 3. The smallest absolute Gasteiger partial charge is 0.146 e. The predicted molar refractivity (Wildman–Crippen MR) is 77.8 cm³/mol. The van der Waals surface area contributed by atoms with Crippen LogP contribution in [0, 0.1) is 5.92 Å². The van der Waals surface area contributed by atoms with Crippen LogP contribution in [0.5, 0.6) is 0 Å². The van der Waals surface area contributed by atoms with Gasteiger partial charge < -0.3 is 10.6 Å². The Morgan fingerprint density at radius 2 is 1.95 bits per heavy atom. The van der Waals surface area contributed by atoms with Crippen molar-refractivity contribution in [3.05, 3.63) is 36.4 Å². The summed E-state index contributed by atoms with van der Waals surface area (Å²) < 4.78 is 1.97. The van der Waals surface area contributed by atoms with Crippen LogP contribution in [0.3, 0.4) is 0 Å². The number of hydrogen-bond acceptors (Lipinski definition) is 4. The zero-order valence-corrected chi connectivity index (χ0v) is 11.7. The van der Waals surface area contributed by atoms with Crippen molar-refractivity contribution in [2.75, 3.05) is 17.7 Å². The van der Waals surface area contributed by atoms with Gasteiger partial charge in [0.15, 0.2) is 0 Å².